The van der Waals surface area contributed by atoms with E-state index in [1.807, 2.05) is 35.0 Å². The van der Waals surface area contributed by atoms with Crippen LogP contribution >= 0.6 is 11.6 Å². The van der Waals surface area contributed by atoms with Gasteiger partial charge in [-0.15, -0.1) is 0 Å². The number of amides is 3. The number of halogens is 1. The minimum Gasteiger partial charge on any atom is -0.370 e. The molecule has 2 N–H and O–H groups in total. The average molecular weight is 426 g/mol. The second-order valence-electron chi connectivity index (χ2n) is 6.70. The quantitative estimate of drug-likeness (QED) is 0.657. The lowest BCUT2D eigenvalue weighted by molar-refractivity contribution is -0.125. The molecule has 0 spiro atoms. The van der Waals surface area contributed by atoms with Crippen LogP contribution in [-0.4, -0.2) is 41.2 Å². The number of nitrogens with one attached hydrogen (secondary N) is 2. The molecule has 1 aromatic heterocycles. The molecule has 2 aromatic carbocycles. The first kappa shape index (κ1) is 19.9. The smallest absolute Gasteiger partial charge is 0.319 e. The molecule has 1 aliphatic heterocycles. The lowest BCUT2D eigenvalue weighted by atomic mass is 10.2. The zero-order valence-electron chi connectivity index (χ0n) is 16.0. The Morgan fingerprint density at radius 2 is 1.83 bits per heavy atom. The highest BCUT2D eigenvalue weighted by molar-refractivity contribution is 6.30. The summed E-state index contributed by atoms with van der Waals surface area (Å²) in [5.74, 6) is -0.0399. The Hall–Kier alpha value is -3.36. The molecule has 0 atom stereocenters. The third kappa shape index (κ3) is 4.79. The first-order valence-corrected chi connectivity index (χ1v) is 9.78. The maximum atomic E-state index is 12.0. The fourth-order valence-electron chi connectivity index (χ4n) is 3.07. The molecule has 0 aliphatic carbocycles. The van der Waals surface area contributed by atoms with Gasteiger partial charge in [0.05, 0.1) is 25.2 Å². The summed E-state index contributed by atoms with van der Waals surface area (Å²) in [6.07, 6.45) is 3.53. The van der Waals surface area contributed by atoms with Crippen molar-refractivity contribution in [2.45, 2.75) is 6.54 Å². The van der Waals surface area contributed by atoms with Crippen LogP contribution in [0.5, 0.6) is 0 Å². The van der Waals surface area contributed by atoms with Gasteiger partial charge in [-0.1, -0.05) is 11.6 Å². The molecule has 1 fully saturated rings. The number of morpholine rings is 1. The Labute approximate surface area is 178 Å². The molecule has 2 heterocycles. The van der Waals surface area contributed by atoms with Gasteiger partial charge < -0.3 is 24.8 Å². The zero-order chi connectivity index (χ0) is 20.9. The van der Waals surface area contributed by atoms with Gasteiger partial charge in [0.1, 0.15) is 6.61 Å². The second kappa shape index (κ2) is 8.98. The summed E-state index contributed by atoms with van der Waals surface area (Å²) in [7, 11) is 0. The van der Waals surface area contributed by atoms with Crippen LogP contribution in [0.4, 0.5) is 16.2 Å². The van der Waals surface area contributed by atoms with E-state index >= 15 is 0 Å². The van der Waals surface area contributed by atoms with Gasteiger partial charge in [0, 0.05) is 34.8 Å². The fraction of sp³-hybridized carbons (Fsp3) is 0.190. The first-order valence-electron chi connectivity index (χ1n) is 9.40. The Morgan fingerprint density at radius 3 is 2.57 bits per heavy atom. The van der Waals surface area contributed by atoms with Gasteiger partial charge in [-0.05, 0) is 48.5 Å². The van der Waals surface area contributed by atoms with E-state index in [0.29, 0.717) is 29.6 Å². The predicted octanol–water partition coefficient (Wildman–Crippen LogP) is 3.21. The summed E-state index contributed by atoms with van der Waals surface area (Å²) in [5.41, 5.74) is 3.12. The summed E-state index contributed by atoms with van der Waals surface area (Å²) in [6, 6.07) is 14.2. The van der Waals surface area contributed by atoms with Crippen LogP contribution in [0.15, 0.2) is 61.1 Å². The van der Waals surface area contributed by atoms with Gasteiger partial charge in [-0.2, -0.15) is 0 Å². The minimum atomic E-state index is -0.327. The number of aromatic nitrogens is 2. The summed E-state index contributed by atoms with van der Waals surface area (Å²) < 4.78 is 7.02. The summed E-state index contributed by atoms with van der Waals surface area (Å²) in [6.45, 7) is 1.49. The van der Waals surface area contributed by atoms with Crippen molar-refractivity contribution < 1.29 is 14.3 Å². The van der Waals surface area contributed by atoms with Crippen LogP contribution in [0.1, 0.15) is 5.69 Å². The predicted molar refractivity (Wildman–Crippen MR) is 114 cm³/mol. The van der Waals surface area contributed by atoms with Crippen LogP contribution < -0.4 is 15.5 Å². The summed E-state index contributed by atoms with van der Waals surface area (Å²) >= 11 is 5.84. The Balaban J connectivity index is 1.34. The topological polar surface area (TPSA) is 88.5 Å². The van der Waals surface area contributed by atoms with Crippen LogP contribution in [0.3, 0.4) is 0 Å². The molecule has 9 heteroatoms. The summed E-state index contributed by atoms with van der Waals surface area (Å²) in [5, 5.41) is 6.11. The van der Waals surface area contributed by atoms with Gasteiger partial charge in [0.15, 0.2) is 0 Å². The number of anilines is 2. The molecule has 4 rings (SSSR count). The van der Waals surface area contributed by atoms with E-state index in [9.17, 15) is 9.59 Å². The number of nitrogens with zero attached hydrogens (tertiary/aromatic N) is 3. The number of urea groups is 1. The molecular weight excluding hydrogens is 406 g/mol. The van der Waals surface area contributed by atoms with Crippen LogP contribution in [0, 0.1) is 0 Å². The average Bonchev–Trinajstić information content (AvgIpc) is 3.24. The lowest BCUT2D eigenvalue weighted by Gasteiger charge is -2.26. The molecule has 0 bridgehead atoms. The third-order valence-corrected chi connectivity index (χ3v) is 4.87. The second-order valence-corrected chi connectivity index (χ2v) is 7.14. The van der Waals surface area contributed by atoms with Crippen LogP contribution in [0.2, 0.25) is 5.02 Å². The van der Waals surface area contributed by atoms with E-state index in [0.717, 1.165) is 11.4 Å². The molecule has 3 amide bonds. The highest BCUT2D eigenvalue weighted by atomic mass is 35.5. The van der Waals surface area contributed by atoms with Gasteiger partial charge in [0.2, 0.25) is 0 Å². The molecule has 1 saturated heterocycles. The van der Waals surface area contributed by atoms with Crippen molar-refractivity contribution in [1.29, 1.82) is 0 Å². The van der Waals surface area contributed by atoms with Gasteiger partial charge in [-0.3, -0.25) is 4.79 Å². The third-order valence-electron chi connectivity index (χ3n) is 4.61. The standard InChI is InChI=1S/C21H20ClN5O3/c22-15-1-3-16(4-2-15)25-21(29)23-11-17-12-26(14-24-17)18-5-7-19(8-6-18)27-9-10-30-13-20(27)28/h1-8,12,14H,9-11,13H2,(H2,23,25,29). The van der Waals surface area contributed by atoms with E-state index in [4.69, 9.17) is 16.3 Å². The maximum Gasteiger partial charge on any atom is 0.319 e. The van der Waals surface area contributed by atoms with E-state index in [2.05, 4.69) is 15.6 Å². The van der Waals surface area contributed by atoms with Crippen molar-refractivity contribution in [3.8, 4) is 5.69 Å². The first-order chi connectivity index (χ1) is 14.6. The van der Waals surface area contributed by atoms with Crippen molar-refractivity contribution in [3.63, 3.8) is 0 Å². The largest absolute Gasteiger partial charge is 0.370 e. The van der Waals surface area contributed by atoms with E-state index in [-0.39, 0.29) is 25.1 Å². The minimum absolute atomic E-state index is 0.0399. The molecular formula is C21H20ClN5O3. The molecule has 154 valence electrons. The number of ether oxygens (including phenoxy) is 1. The maximum absolute atomic E-state index is 12.0. The molecule has 1 aliphatic rings. The number of benzene rings is 2. The number of carbonyl (C=O) groups excluding carboxylic acids is 2. The fourth-order valence-corrected chi connectivity index (χ4v) is 3.20. The molecule has 0 unspecified atom stereocenters. The van der Waals surface area contributed by atoms with E-state index in [1.54, 1.807) is 35.5 Å². The molecule has 30 heavy (non-hydrogen) atoms. The Morgan fingerprint density at radius 1 is 1.10 bits per heavy atom. The van der Waals surface area contributed by atoms with Crippen molar-refractivity contribution >= 4 is 34.9 Å². The van der Waals surface area contributed by atoms with Gasteiger partial charge in [0.25, 0.3) is 5.91 Å². The highest BCUT2D eigenvalue weighted by Crippen LogP contribution is 2.19. The van der Waals surface area contributed by atoms with Crippen molar-refractivity contribution in [1.82, 2.24) is 14.9 Å². The molecule has 0 saturated carbocycles. The van der Waals surface area contributed by atoms with E-state index in [1.165, 1.54) is 0 Å². The number of hydrogen-bond acceptors (Lipinski definition) is 4. The molecule has 0 radical (unpaired) electrons. The number of hydrogen-bond donors (Lipinski definition) is 2. The monoisotopic (exact) mass is 425 g/mol. The molecule has 8 nitrogen and oxygen atoms in total. The Bertz CT molecular complexity index is 1030. The SMILES string of the molecule is O=C(NCc1cn(-c2ccc(N3CCOCC3=O)cc2)cn1)Nc1ccc(Cl)cc1. The molecule has 3 aromatic rings. The van der Waals surface area contributed by atoms with Crippen LogP contribution in [0.25, 0.3) is 5.69 Å². The van der Waals surface area contributed by atoms with Gasteiger partial charge in [-0.25, -0.2) is 9.78 Å². The van der Waals surface area contributed by atoms with Crippen molar-refractivity contribution in [2.24, 2.45) is 0 Å². The number of imidazole rings is 1. The highest BCUT2D eigenvalue weighted by Gasteiger charge is 2.19. The van der Waals surface area contributed by atoms with Crippen molar-refractivity contribution in [2.75, 3.05) is 30.0 Å². The lowest BCUT2D eigenvalue weighted by Crippen LogP contribution is -2.41. The Kier molecular flexibility index (Phi) is 5.97. The van der Waals surface area contributed by atoms with Crippen molar-refractivity contribution in [3.05, 3.63) is 71.8 Å². The number of carbonyl (C=O) groups is 2. The number of rotatable bonds is 5. The summed E-state index contributed by atoms with van der Waals surface area (Å²) in [4.78, 5) is 30.0. The normalized spacial score (nSPS) is 13.9. The van der Waals surface area contributed by atoms with Crippen LogP contribution in [-0.2, 0) is 16.1 Å². The van der Waals surface area contributed by atoms with E-state index < -0.39 is 0 Å². The zero-order valence-corrected chi connectivity index (χ0v) is 16.8. The van der Waals surface area contributed by atoms with Gasteiger partial charge >= 0.3 is 6.03 Å².